The molecule has 1 aliphatic rings. The van der Waals surface area contributed by atoms with E-state index in [0.717, 1.165) is 22.9 Å². The second-order valence-electron chi connectivity index (χ2n) is 7.36. The SMILES string of the molecule is CCNC(=NCCC(=O)NC1CCS(=O)(=O)C1)NCCc1c[nH]c2cc(F)ccc12.I. The van der Waals surface area contributed by atoms with Gasteiger partial charge in [0.2, 0.25) is 5.91 Å². The van der Waals surface area contributed by atoms with Gasteiger partial charge in [0.05, 0.1) is 18.1 Å². The Morgan fingerprint density at radius 3 is 2.84 bits per heavy atom. The van der Waals surface area contributed by atoms with Gasteiger partial charge in [0.25, 0.3) is 0 Å². The summed E-state index contributed by atoms with van der Waals surface area (Å²) < 4.78 is 36.2. The third-order valence-corrected chi connectivity index (χ3v) is 6.73. The second kappa shape index (κ2) is 11.7. The number of hydrogen-bond acceptors (Lipinski definition) is 4. The molecule has 1 saturated heterocycles. The average Bonchev–Trinajstić information content (AvgIpc) is 3.23. The lowest BCUT2D eigenvalue weighted by Gasteiger charge is -2.12. The van der Waals surface area contributed by atoms with Gasteiger partial charge in [0.15, 0.2) is 15.8 Å². The van der Waals surface area contributed by atoms with E-state index in [1.54, 1.807) is 6.07 Å². The third-order valence-electron chi connectivity index (χ3n) is 4.97. The van der Waals surface area contributed by atoms with Crippen molar-refractivity contribution in [2.45, 2.75) is 32.2 Å². The number of guanidine groups is 1. The Kier molecular flexibility index (Phi) is 9.54. The lowest BCUT2D eigenvalue weighted by atomic mass is 10.1. The van der Waals surface area contributed by atoms with Gasteiger partial charge >= 0.3 is 0 Å². The number of benzene rings is 1. The summed E-state index contributed by atoms with van der Waals surface area (Å²) >= 11 is 0. The lowest BCUT2D eigenvalue weighted by Crippen LogP contribution is -2.39. The average molecular weight is 565 g/mol. The molecule has 2 heterocycles. The summed E-state index contributed by atoms with van der Waals surface area (Å²) in [5.41, 5.74) is 1.85. The number of fused-ring (bicyclic) bond motifs is 1. The number of nitrogens with zero attached hydrogens (tertiary/aromatic N) is 1. The number of aromatic amines is 1. The van der Waals surface area contributed by atoms with Gasteiger partial charge in [-0.3, -0.25) is 9.79 Å². The van der Waals surface area contributed by atoms with Crippen molar-refractivity contribution in [3.05, 3.63) is 35.8 Å². The quantitative estimate of drug-likeness (QED) is 0.221. The maximum Gasteiger partial charge on any atom is 0.222 e. The Labute approximate surface area is 198 Å². The molecule has 1 amide bonds. The minimum absolute atomic E-state index is 0. The molecule has 1 aromatic heterocycles. The first-order valence-corrected chi connectivity index (χ1v) is 12.0. The van der Waals surface area contributed by atoms with E-state index in [-0.39, 0.29) is 59.7 Å². The highest BCUT2D eigenvalue weighted by atomic mass is 127. The van der Waals surface area contributed by atoms with Crippen LogP contribution in [-0.4, -0.2) is 62.5 Å². The Morgan fingerprint density at radius 1 is 1.32 bits per heavy atom. The van der Waals surface area contributed by atoms with Gasteiger partial charge < -0.3 is 20.9 Å². The molecule has 0 bridgehead atoms. The summed E-state index contributed by atoms with van der Waals surface area (Å²) in [4.78, 5) is 19.5. The lowest BCUT2D eigenvalue weighted by molar-refractivity contribution is -0.121. The summed E-state index contributed by atoms with van der Waals surface area (Å²) in [6.45, 7) is 3.57. The fourth-order valence-electron chi connectivity index (χ4n) is 3.50. The summed E-state index contributed by atoms with van der Waals surface area (Å²) in [6, 6.07) is 4.40. The summed E-state index contributed by atoms with van der Waals surface area (Å²) in [6.07, 6.45) is 3.28. The number of halogens is 2. The molecule has 1 aliphatic heterocycles. The van der Waals surface area contributed by atoms with Gasteiger partial charge in [-0.1, -0.05) is 0 Å². The zero-order valence-corrected chi connectivity index (χ0v) is 20.6. The predicted molar refractivity (Wildman–Crippen MR) is 131 cm³/mol. The van der Waals surface area contributed by atoms with Gasteiger partial charge in [-0.25, -0.2) is 12.8 Å². The van der Waals surface area contributed by atoms with Crippen LogP contribution in [0.5, 0.6) is 0 Å². The number of amides is 1. The number of carbonyl (C=O) groups is 1. The van der Waals surface area contributed by atoms with Crippen LogP contribution in [0.15, 0.2) is 29.4 Å². The molecule has 11 heteroatoms. The number of rotatable bonds is 8. The highest BCUT2D eigenvalue weighted by Gasteiger charge is 2.28. The minimum Gasteiger partial charge on any atom is -0.361 e. The molecule has 0 radical (unpaired) electrons. The van der Waals surface area contributed by atoms with Crippen molar-refractivity contribution >= 4 is 56.6 Å². The van der Waals surface area contributed by atoms with Gasteiger partial charge in [-0.05, 0) is 43.5 Å². The molecule has 0 aliphatic carbocycles. The van der Waals surface area contributed by atoms with Crippen molar-refractivity contribution in [3.63, 3.8) is 0 Å². The minimum atomic E-state index is -3.01. The molecule has 1 fully saturated rings. The van der Waals surface area contributed by atoms with Gasteiger partial charge in [0, 0.05) is 42.7 Å². The molecule has 31 heavy (non-hydrogen) atoms. The van der Waals surface area contributed by atoms with E-state index in [1.807, 2.05) is 13.1 Å². The number of sulfone groups is 1. The first-order chi connectivity index (χ1) is 14.4. The first-order valence-electron chi connectivity index (χ1n) is 10.1. The zero-order valence-electron chi connectivity index (χ0n) is 17.4. The molecule has 4 N–H and O–H groups in total. The molecular formula is C20H29FIN5O3S. The molecule has 3 rings (SSSR count). The molecule has 1 atom stereocenters. The molecule has 1 unspecified atom stereocenters. The van der Waals surface area contributed by atoms with E-state index in [1.165, 1.54) is 12.1 Å². The first kappa shape index (κ1) is 25.4. The summed E-state index contributed by atoms with van der Waals surface area (Å²) in [7, 11) is -3.01. The highest BCUT2D eigenvalue weighted by Crippen LogP contribution is 2.19. The van der Waals surface area contributed by atoms with Crippen LogP contribution in [0.3, 0.4) is 0 Å². The monoisotopic (exact) mass is 565 g/mol. The van der Waals surface area contributed by atoms with Crippen LogP contribution in [0.4, 0.5) is 4.39 Å². The predicted octanol–water partition coefficient (Wildman–Crippen LogP) is 1.72. The number of aliphatic imine (C=N–C) groups is 1. The summed E-state index contributed by atoms with van der Waals surface area (Å²) in [5.74, 6) is 0.305. The van der Waals surface area contributed by atoms with Crippen LogP contribution in [0.2, 0.25) is 0 Å². The molecule has 0 spiro atoms. The van der Waals surface area contributed by atoms with Crippen LogP contribution in [0.1, 0.15) is 25.3 Å². The zero-order chi connectivity index (χ0) is 21.6. The number of carbonyl (C=O) groups excluding carboxylic acids is 1. The summed E-state index contributed by atoms with van der Waals surface area (Å²) in [5, 5.41) is 10.1. The van der Waals surface area contributed by atoms with Crippen molar-refractivity contribution < 1.29 is 17.6 Å². The van der Waals surface area contributed by atoms with Crippen molar-refractivity contribution in [3.8, 4) is 0 Å². The van der Waals surface area contributed by atoms with Crippen LogP contribution in [-0.2, 0) is 21.1 Å². The Morgan fingerprint density at radius 2 is 2.13 bits per heavy atom. The third kappa shape index (κ3) is 7.63. The van der Waals surface area contributed by atoms with Crippen molar-refractivity contribution in [1.29, 1.82) is 0 Å². The molecule has 172 valence electrons. The van der Waals surface area contributed by atoms with E-state index >= 15 is 0 Å². The number of aromatic nitrogens is 1. The standard InChI is InChI=1S/C20H28FN5O3S.HI/c1-2-22-20(24-9-6-19(27)26-16-7-10-30(28,29)13-16)23-8-5-14-12-25-18-11-15(21)3-4-17(14)18;/h3-4,11-12,16,25H,2,5-10,13H2,1H3,(H,26,27)(H2,22,23,24);1H. The molecule has 8 nitrogen and oxygen atoms in total. The maximum absolute atomic E-state index is 13.3. The Balaban J connectivity index is 0.00000341. The number of H-pyrrole nitrogens is 1. The van der Waals surface area contributed by atoms with Gasteiger partial charge in [0.1, 0.15) is 5.82 Å². The fraction of sp³-hybridized carbons (Fsp3) is 0.500. The maximum atomic E-state index is 13.3. The van der Waals surface area contributed by atoms with Gasteiger partial charge in [-0.15, -0.1) is 24.0 Å². The van der Waals surface area contributed by atoms with E-state index in [2.05, 4.69) is 25.9 Å². The van der Waals surface area contributed by atoms with Crippen molar-refractivity contribution in [1.82, 2.24) is 20.9 Å². The van der Waals surface area contributed by atoms with Gasteiger partial charge in [-0.2, -0.15) is 0 Å². The van der Waals surface area contributed by atoms with Crippen LogP contribution < -0.4 is 16.0 Å². The number of nitrogens with one attached hydrogen (secondary N) is 4. The van der Waals surface area contributed by atoms with E-state index < -0.39 is 9.84 Å². The van der Waals surface area contributed by atoms with E-state index in [9.17, 15) is 17.6 Å². The smallest absolute Gasteiger partial charge is 0.222 e. The van der Waals surface area contributed by atoms with Crippen LogP contribution in [0.25, 0.3) is 10.9 Å². The van der Waals surface area contributed by atoms with E-state index in [0.29, 0.717) is 32.0 Å². The molecule has 2 aromatic rings. The molecule has 0 saturated carbocycles. The Hall–Kier alpha value is -1.89. The molecular weight excluding hydrogens is 536 g/mol. The topological polar surface area (TPSA) is 115 Å². The highest BCUT2D eigenvalue weighted by molar-refractivity contribution is 14.0. The van der Waals surface area contributed by atoms with Crippen LogP contribution >= 0.6 is 24.0 Å². The normalized spacial score (nSPS) is 17.9. The van der Waals surface area contributed by atoms with Crippen molar-refractivity contribution in [2.24, 2.45) is 4.99 Å². The largest absolute Gasteiger partial charge is 0.361 e. The molecule has 1 aromatic carbocycles. The van der Waals surface area contributed by atoms with Crippen LogP contribution in [0, 0.1) is 5.82 Å². The Bertz CT molecular complexity index is 1020. The van der Waals surface area contributed by atoms with Crippen molar-refractivity contribution in [2.75, 3.05) is 31.1 Å². The number of hydrogen-bond donors (Lipinski definition) is 4. The second-order valence-corrected chi connectivity index (χ2v) is 9.59. The fourth-order valence-corrected chi connectivity index (χ4v) is 5.17. The van der Waals surface area contributed by atoms with E-state index in [4.69, 9.17) is 0 Å².